The molecule has 9 nitrogen and oxygen atoms in total. The van der Waals surface area contributed by atoms with Crippen molar-refractivity contribution in [1.82, 2.24) is 29.9 Å². The van der Waals surface area contributed by atoms with Crippen LogP contribution in [0.2, 0.25) is 0 Å². The molecule has 616 valence electrons. The minimum atomic E-state index is 0.213. The highest BCUT2D eigenvalue weighted by Gasteiger charge is 2.60. The van der Waals surface area contributed by atoms with Gasteiger partial charge in [-0.15, -0.1) is 0 Å². The maximum absolute atomic E-state index is 9.35. The molecule has 16 aromatic carbocycles. The Labute approximate surface area is 751 Å². The lowest BCUT2D eigenvalue weighted by Crippen LogP contribution is -2.55. The maximum atomic E-state index is 9.35. The van der Waals surface area contributed by atoms with Crippen molar-refractivity contribution < 1.29 is 4.42 Å². The number of rotatable bonds is 15. The molecule has 4 unspecified atom stereocenters. The van der Waals surface area contributed by atoms with Crippen molar-refractivity contribution >= 4 is 43.5 Å². The SMILES string of the molecule is N#Cc1ccc2cc(-c3ccc(C45CC6CC(C4)CC(c4ccc(-c7ccc8c(c7)oc7cc(-c9nc(-c%10ccccc%10)nc(-c%10ccccc%10)n9)ccc78)cc4)(C6)C5)cc3)ccc2c1.N#Cc1ccc2cc(-c3ccc(C45CC6CC(CC(c7ccc(-c8ccc(-c9ccc(-c%10nc(-c%11ccccc%11)nc(-c%11ccccc%11)n%10)cc9)cc8)cc7)(C6)C4)C5)cc3)ccc2c1. The quantitative estimate of drug-likeness (QED) is 0.0982. The summed E-state index contributed by atoms with van der Waals surface area (Å²) in [6, 6.07) is 139. The number of hydrogen-bond donors (Lipinski definition) is 0. The van der Waals surface area contributed by atoms with Gasteiger partial charge in [0.15, 0.2) is 34.9 Å². The van der Waals surface area contributed by atoms with Crippen LogP contribution in [0.1, 0.15) is 110 Å². The third kappa shape index (κ3) is 14.3. The summed E-state index contributed by atoms with van der Waals surface area (Å²) in [4.78, 5) is 29.5. The number of hydrogen-bond acceptors (Lipinski definition) is 9. The van der Waals surface area contributed by atoms with Crippen LogP contribution >= 0.6 is 0 Å². The molecule has 27 rings (SSSR count). The van der Waals surface area contributed by atoms with E-state index in [1.165, 1.54) is 149 Å². The predicted octanol–water partition coefficient (Wildman–Crippen LogP) is 29.6. The van der Waals surface area contributed by atoms with E-state index in [2.05, 4.69) is 243 Å². The van der Waals surface area contributed by atoms with Crippen LogP contribution in [0.4, 0.5) is 0 Å². The molecule has 8 saturated carbocycles. The number of benzene rings is 16. The summed E-state index contributed by atoms with van der Waals surface area (Å²) in [6.45, 7) is 0. The lowest BCUT2D eigenvalue weighted by molar-refractivity contribution is -0.0282. The molecule has 3 heterocycles. The highest BCUT2D eigenvalue weighted by Crippen LogP contribution is 2.68. The summed E-state index contributed by atoms with van der Waals surface area (Å²) in [7, 11) is 0. The van der Waals surface area contributed by atoms with Crippen molar-refractivity contribution in [3.63, 3.8) is 0 Å². The molecule has 8 aliphatic carbocycles. The average molecular weight is 1660 g/mol. The van der Waals surface area contributed by atoms with E-state index in [1.807, 2.05) is 146 Å². The van der Waals surface area contributed by atoms with Crippen molar-refractivity contribution in [3.8, 4) is 136 Å². The second kappa shape index (κ2) is 31.5. The van der Waals surface area contributed by atoms with Gasteiger partial charge < -0.3 is 4.42 Å². The van der Waals surface area contributed by atoms with Gasteiger partial charge in [0.05, 0.1) is 23.3 Å². The molecule has 0 radical (unpaired) electrons. The van der Waals surface area contributed by atoms with Gasteiger partial charge in [0.1, 0.15) is 11.2 Å². The Morgan fingerprint density at radius 3 is 0.752 bits per heavy atom. The zero-order chi connectivity index (χ0) is 85.8. The van der Waals surface area contributed by atoms with Crippen molar-refractivity contribution in [2.24, 2.45) is 23.7 Å². The summed E-state index contributed by atoms with van der Waals surface area (Å²) < 4.78 is 6.62. The van der Waals surface area contributed by atoms with Gasteiger partial charge >= 0.3 is 0 Å². The number of furan rings is 1. The van der Waals surface area contributed by atoms with Crippen LogP contribution in [0.15, 0.2) is 381 Å². The van der Waals surface area contributed by atoms with E-state index in [9.17, 15) is 10.5 Å². The Morgan fingerprint density at radius 1 is 0.217 bits per heavy atom. The number of nitriles is 2. The topological polar surface area (TPSA) is 138 Å². The molecule has 0 saturated heterocycles. The average Bonchev–Trinajstić information content (AvgIpc) is 1.11. The van der Waals surface area contributed by atoms with Gasteiger partial charge in [0.25, 0.3) is 0 Å². The van der Waals surface area contributed by atoms with E-state index < -0.39 is 0 Å². The normalized spacial score (nSPS) is 20.9. The molecule has 8 bridgehead atoms. The molecule has 8 aliphatic rings. The molecule has 0 spiro atoms. The van der Waals surface area contributed by atoms with Gasteiger partial charge in [0.2, 0.25) is 0 Å². The second-order valence-electron chi connectivity index (χ2n) is 37.9. The molecule has 0 amide bonds. The van der Waals surface area contributed by atoms with Crippen LogP contribution in [0.3, 0.4) is 0 Å². The first-order valence-electron chi connectivity index (χ1n) is 45.7. The standard InChI is InChI=1S/C60H44N4O.C60H46N4/c61-36-38-11-12-47-29-46(14-13-45(47)28-38)41-15-21-50(22-16-41)59-32-39-27-40(33-59)35-60(34-39,37-59)51-23-17-42(18-24-51)48-19-25-52-53-26-20-49(31-55(53)65-54(52)30-48)58-63-56(43-7-3-1-4-8-43)62-57(64-58)44-9-5-2-6-10-44;61-38-40-11-12-53-33-52(22-21-51(53)32-40)47-25-29-55(30-26-47)60-36-41-31-42(37-60)35-59(34-41,39-60)54-27-23-46(24-28-54)44-15-13-43(14-16-44)45-17-19-50(20-18-45)58-63-56(48-7-3-1-4-8-48)62-57(64-58)49-9-5-2-6-10-49/h1-26,28-31,39-40H,27,32-35,37H2;1-30,32-33,41-42H,31,34-37,39H2. The van der Waals surface area contributed by atoms with Crippen LogP contribution in [0.5, 0.6) is 0 Å². The van der Waals surface area contributed by atoms with E-state index >= 15 is 0 Å². The Bertz CT molecular complexity index is 7490. The van der Waals surface area contributed by atoms with E-state index in [-0.39, 0.29) is 21.7 Å². The van der Waals surface area contributed by atoms with Crippen LogP contribution in [0.25, 0.3) is 167 Å². The minimum absolute atomic E-state index is 0.213. The Balaban J connectivity index is 0.000000143. The van der Waals surface area contributed by atoms with Crippen LogP contribution in [0, 0.1) is 46.3 Å². The van der Waals surface area contributed by atoms with Crippen LogP contribution in [-0.2, 0) is 21.7 Å². The molecular formula is C120H90N8O. The summed E-state index contributed by atoms with van der Waals surface area (Å²) in [6.07, 6.45) is 15.7. The first-order valence-corrected chi connectivity index (χ1v) is 45.7. The first kappa shape index (κ1) is 77.4. The van der Waals surface area contributed by atoms with Crippen LogP contribution in [-0.4, -0.2) is 29.9 Å². The van der Waals surface area contributed by atoms with E-state index in [0.717, 1.165) is 106 Å². The number of nitrogens with zero attached hydrogens (tertiary/aromatic N) is 8. The molecule has 3 aromatic heterocycles. The minimum Gasteiger partial charge on any atom is -0.456 e. The fourth-order valence-corrected chi connectivity index (χ4v) is 24.6. The molecule has 0 aliphatic heterocycles. The third-order valence-corrected chi connectivity index (χ3v) is 29.9. The van der Waals surface area contributed by atoms with E-state index in [4.69, 9.17) is 34.3 Å². The molecule has 129 heavy (non-hydrogen) atoms. The van der Waals surface area contributed by atoms with Gasteiger partial charge in [-0.1, -0.05) is 315 Å². The van der Waals surface area contributed by atoms with Gasteiger partial charge in [-0.2, -0.15) is 10.5 Å². The Hall–Kier alpha value is -15.2. The first-order chi connectivity index (χ1) is 63.4. The second-order valence-corrected chi connectivity index (χ2v) is 37.9. The zero-order valence-electron chi connectivity index (χ0n) is 71.6. The van der Waals surface area contributed by atoms with Crippen molar-refractivity contribution in [2.75, 3.05) is 0 Å². The van der Waals surface area contributed by atoms with Crippen LogP contribution < -0.4 is 0 Å². The van der Waals surface area contributed by atoms with Gasteiger partial charge in [-0.3, -0.25) is 0 Å². The Morgan fingerprint density at radius 2 is 0.442 bits per heavy atom. The number of aromatic nitrogens is 6. The predicted molar refractivity (Wildman–Crippen MR) is 520 cm³/mol. The molecule has 19 aromatic rings. The largest absolute Gasteiger partial charge is 0.456 e. The fraction of sp³-hybridized carbons (Fsp3) is 0.167. The van der Waals surface area contributed by atoms with E-state index in [1.54, 1.807) is 0 Å². The fourth-order valence-electron chi connectivity index (χ4n) is 24.6. The summed E-state index contributed by atoms with van der Waals surface area (Å²) in [5, 5.41) is 25.4. The van der Waals surface area contributed by atoms with Crippen molar-refractivity contribution in [1.29, 1.82) is 10.5 Å². The van der Waals surface area contributed by atoms with Gasteiger partial charge in [0, 0.05) is 44.2 Å². The molecule has 8 fully saturated rings. The van der Waals surface area contributed by atoms with Crippen molar-refractivity contribution in [3.05, 3.63) is 409 Å². The summed E-state index contributed by atoms with van der Waals surface area (Å²) in [5.41, 5.74) is 27.9. The van der Waals surface area contributed by atoms with Crippen molar-refractivity contribution in [2.45, 2.75) is 98.7 Å². The molecule has 9 heteroatoms. The third-order valence-electron chi connectivity index (χ3n) is 29.9. The monoisotopic (exact) mass is 1660 g/mol. The lowest BCUT2D eigenvalue weighted by Gasteiger charge is -2.63. The zero-order valence-corrected chi connectivity index (χ0v) is 71.6. The smallest absolute Gasteiger partial charge is 0.164 e. The van der Waals surface area contributed by atoms with Gasteiger partial charge in [-0.05, 0) is 282 Å². The highest BCUT2D eigenvalue weighted by molar-refractivity contribution is 6.07. The van der Waals surface area contributed by atoms with Gasteiger partial charge in [-0.25, -0.2) is 29.9 Å². The lowest BCUT2D eigenvalue weighted by atomic mass is 9.41. The molecule has 0 N–H and O–H groups in total. The van der Waals surface area contributed by atoms with E-state index in [0.29, 0.717) is 46.1 Å². The summed E-state index contributed by atoms with van der Waals surface area (Å²) in [5.74, 6) is 6.99. The highest BCUT2D eigenvalue weighted by atomic mass is 16.3. The molecule has 4 atom stereocenters. The maximum Gasteiger partial charge on any atom is 0.164 e. The number of fused-ring (bicyclic) bond motifs is 5. The Kier molecular flexibility index (Phi) is 18.9. The molecular weight excluding hydrogens is 1570 g/mol. The summed E-state index contributed by atoms with van der Waals surface area (Å²) >= 11 is 0.